The summed E-state index contributed by atoms with van der Waals surface area (Å²) in [5, 5.41) is 3.02. The smallest absolute Gasteiger partial charge is 0.224 e. The molecule has 2 rings (SSSR count). The van der Waals surface area contributed by atoms with Crippen LogP contribution in [0.2, 0.25) is 0 Å². The number of hydrogen-bond acceptors (Lipinski definition) is 2. The Morgan fingerprint density at radius 1 is 1.37 bits per heavy atom. The van der Waals surface area contributed by atoms with E-state index in [1.165, 1.54) is 6.42 Å². The predicted octanol–water partition coefficient (Wildman–Crippen LogP) is 1.83. The molecule has 108 valence electrons. The first-order chi connectivity index (χ1) is 8.66. The van der Waals surface area contributed by atoms with Crippen LogP contribution in [0, 0.1) is 23.2 Å². The summed E-state index contributed by atoms with van der Waals surface area (Å²) in [6.07, 6.45) is 3.53. The SMILES string of the molecule is CC1CC1CC(C(=O)NC(C)(C)C)C1(C(N)=O)CC1. The zero-order chi connectivity index (χ0) is 14.4. The molecular weight excluding hydrogens is 240 g/mol. The minimum Gasteiger partial charge on any atom is -0.369 e. The van der Waals surface area contributed by atoms with Crippen LogP contribution in [0.3, 0.4) is 0 Å². The number of hydrogen-bond donors (Lipinski definition) is 2. The van der Waals surface area contributed by atoms with E-state index in [0.29, 0.717) is 11.8 Å². The maximum atomic E-state index is 12.5. The lowest BCUT2D eigenvalue weighted by atomic mass is 9.82. The third-order valence-electron chi connectivity index (χ3n) is 4.58. The highest BCUT2D eigenvalue weighted by Gasteiger charge is 2.58. The normalized spacial score (nSPS) is 29.5. The fourth-order valence-electron chi connectivity index (χ4n) is 2.97. The average Bonchev–Trinajstić information content (AvgIpc) is 3.09. The molecule has 0 radical (unpaired) electrons. The lowest BCUT2D eigenvalue weighted by molar-refractivity contribution is -0.136. The molecule has 19 heavy (non-hydrogen) atoms. The van der Waals surface area contributed by atoms with Gasteiger partial charge in [-0.15, -0.1) is 0 Å². The van der Waals surface area contributed by atoms with Gasteiger partial charge < -0.3 is 11.1 Å². The second-order valence-corrected chi connectivity index (χ2v) is 7.52. The van der Waals surface area contributed by atoms with Crippen LogP contribution in [0.5, 0.6) is 0 Å². The summed E-state index contributed by atoms with van der Waals surface area (Å²) in [6.45, 7) is 8.09. The monoisotopic (exact) mass is 266 g/mol. The van der Waals surface area contributed by atoms with E-state index >= 15 is 0 Å². The van der Waals surface area contributed by atoms with Gasteiger partial charge in [0.15, 0.2) is 0 Å². The molecule has 0 aromatic rings. The highest BCUT2D eigenvalue weighted by atomic mass is 16.2. The fourth-order valence-corrected chi connectivity index (χ4v) is 2.97. The summed E-state index contributed by atoms with van der Waals surface area (Å²) in [5.41, 5.74) is 4.72. The van der Waals surface area contributed by atoms with Crippen molar-refractivity contribution in [1.82, 2.24) is 5.32 Å². The molecule has 0 aromatic heterocycles. The minimum absolute atomic E-state index is 0.00269. The molecule has 3 atom stereocenters. The quantitative estimate of drug-likeness (QED) is 0.797. The molecule has 0 aliphatic heterocycles. The second-order valence-electron chi connectivity index (χ2n) is 7.52. The van der Waals surface area contributed by atoms with E-state index in [-0.39, 0.29) is 23.3 Å². The van der Waals surface area contributed by atoms with Crippen molar-refractivity contribution in [3.63, 3.8) is 0 Å². The van der Waals surface area contributed by atoms with E-state index in [0.717, 1.165) is 19.3 Å². The number of nitrogens with two attached hydrogens (primary N) is 1. The molecule has 0 heterocycles. The van der Waals surface area contributed by atoms with Crippen molar-refractivity contribution in [3.05, 3.63) is 0 Å². The molecule has 2 aliphatic rings. The molecular formula is C15H26N2O2. The minimum atomic E-state index is -0.558. The first-order valence-electron chi connectivity index (χ1n) is 7.28. The van der Waals surface area contributed by atoms with Crippen LogP contribution in [0.15, 0.2) is 0 Å². The van der Waals surface area contributed by atoms with Gasteiger partial charge in [0.05, 0.1) is 11.3 Å². The Balaban J connectivity index is 2.10. The van der Waals surface area contributed by atoms with Crippen LogP contribution >= 0.6 is 0 Å². The van der Waals surface area contributed by atoms with Gasteiger partial charge >= 0.3 is 0 Å². The Kier molecular flexibility index (Phi) is 3.40. The van der Waals surface area contributed by atoms with Gasteiger partial charge in [0.1, 0.15) is 0 Å². The molecule has 4 nitrogen and oxygen atoms in total. The van der Waals surface area contributed by atoms with Crippen LogP contribution in [0.25, 0.3) is 0 Å². The van der Waals surface area contributed by atoms with E-state index in [4.69, 9.17) is 5.73 Å². The molecule has 2 fully saturated rings. The highest BCUT2D eigenvalue weighted by Crippen LogP contribution is 2.56. The van der Waals surface area contributed by atoms with Gasteiger partial charge in [-0.05, 0) is 58.3 Å². The molecule has 0 bridgehead atoms. The van der Waals surface area contributed by atoms with E-state index < -0.39 is 5.41 Å². The maximum Gasteiger partial charge on any atom is 0.224 e. The number of rotatable bonds is 5. The summed E-state index contributed by atoms with van der Waals surface area (Å²) >= 11 is 0. The van der Waals surface area contributed by atoms with Crippen molar-refractivity contribution >= 4 is 11.8 Å². The Bertz CT molecular complexity index is 393. The number of primary amides is 1. The van der Waals surface area contributed by atoms with Gasteiger partial charge in [-0.3, -0.25) is 9.59 Å². The molecule has 3 unspecified atom stereocenters. The van der Waals surface area contributed by atoms with Gasteiger partial charge in [0.25, 0.3) is 0 Å². The van der Waals surface area contributed by atoms with Crippen LogP contribution in [-0.4, -0.2) is 17.4 Å². The van der Waals surface area contributed by atoms with Crippen LogP contribution in [0.4, 0.5) is 0 Å². The van der Waals surface area contributed by atoms with E-state index in [1.54, 1.807) is 0 Å². The first kappa shape index (κ1) is 14.4. The van der Waals surface area contributed by atoms with Gasteiger partial charge in [-0.25, -0.2) is 0 Å². The third-order valence-corrected chi connectivity index (χ3v) is 4.58. The van der Waals surface area contributed by atoms with Crippen LogP contribution in [-0.2, 0) is 9.59 Å². The first-order valence-corrected chi connectivity index (χ1v) is 7.28. The summed E-state index contributed by atoms with van der Waals surface area (Å²) in [5.74, 6) is 0.748. The van der Waals surface area contributed by atoms with Crippen LogP contribution < -0.4 is 11.1 Å². The standard InChI is InChI=1S/C15H26N2O2/c1-9-7-10(9)8-11(12(18)17-14(2,3)4)15(5-6-15)13(16)19/h9-11H,5-8H2,1-4H3,(H2,16,19)(H,17,18). The lowest BCUT2D eigenvalue weighted by Crippen LogP contribution is -2.48. The van der Waals surface area contributed by atoms with Gasteiger partial charge in [0.2, 0.25) is 11.8 Å². The Labute approximate surface area is 115 Å². The Morgan fingerprint density at radius 2 is 1.89 bits per heavy atom. The molecule has 0 spiro atoms. The predicted molar refractivity (Wildman–Crippen MR) is 74.1 cm³/mol. The van der Waals surface area contributed by atoms with Crippen molar-refractivity contribution in [2.75, 3.05) is 0 Å². The van der Waals surface area contributed by atoms with Gasteiger partial charge in [-0.1, -0.05) is 6.92 Å². The summed E-state index contributed by atoms with van der Waals surface area (Å²) in [4.78, 5) is 24.2. The zero-order valence-corrected chi connectivity index (χ0v) is 12.5. The van der Waals surface area contributed by atoms with Gasteiger partial charge in [-0.2, -0.15) is 0 Å². The van der Waals surface area contributed by atoms with Crippen molar-refractivity contribution in [3.8, 4) is 0 Å². The average molecular weight is 266 g/mol. The lowest BCUT2D eigenvalue weighted by Gasteiger charge is -2.28. The number of nitrogens with one attached hydrogen (secondary N) is 1. The molecule has 0 aromatic carbocycles. The molecule has 0 saturated heterocycles. The zero-order valence-electron chi connectivity index (χ0n) is 12.5. The third kappa shape index (κ3) is 3.10. The number of amides is 2. The largest absolute Gasteiger partial charge is 0.369 e. The second kappa shape index (κ2) is 4.50. The number of carbonyl (C=O) groups excluding carboxylic acids is 2. The molecule has 3 N–H and O–H groups in total. The summed E-state index contributed by atoms with van der Waals surface area (Å²) < 4.78 is 0. The van der Waals surface area contributed by atoms with Crippen molar-refractivity contribution in [2.24, 2.45) is 28.9 Å². The number of carbonyl (C=O) groups is 2. The summed E-state index contributed by atoms with van der Waals surface area (Å²) in [7, 11) is 0. The highest BCUT2D eigenvalue weighted by molar-refractivity contribution is 5.92. The van der Waals surface area contributed by atoms with E-state index in [9.17, 15) is 9.59 Å². The molecule has 4 heteroatoms. The Hall–Kier alpha value is -1.06. The molecule has 2 saturated carbocycles. The molecule has 2 amide bonds. The fraction of sp³-hybridized carbons (Fsp3) is 0.867. The van der Waals surface area contributed by atoms with E-state index in [1.807, 2.05) is 20.8 Å². The van der Waals surface area contributed by atoms with Crippen LogP contribution in [0.1, 0.15) is 53.4 Å². The summed E-state index contributed by atoms with van der Waals surface area (Å²) in [6, 6.07) is 0. The van der Waals surface area contributed by atoms with Gasteiger partial charge in [0, 0.05) is 5.54 Å². The maximum absolute atomic E-state index is 12.5. The Morgan fingerprint density at radius 3 is 2.21 bits per heavy atom. The van der Waals surface area contributed by atoms with E-state index in [2.05, 4.69) is 12.2 Å². The van der Waals surface area contributed by atoms with Crippen molar-refractivity contribution in [2.45, 2.75) is 58.9 Å². The molecule has 2 aliphatic carbocycles. The van der Waals surface area contributed by atoms with Crippen molar-refractivity contribution in [1.29, 1.82) is 0 Å². The topological polar surface area (TPSA) is 72.2 Å². The van der Waals surface area contributed by atoms with Crippen molar-refractivity contribution < 1.29 is 9.59 Å².